The van der Waals surface area contributed by atoms with Crippen molar-refractivity contribution in [2.45, 2.75) is 26.9 Å². The van der Waals surface area contributed by atoms with E-state index in [-0.39, 0.29) is 6.61 Å². The second kappa shape index (κ2) is 6.40. The molecule has 0 spiro atoms. The maximum absolute atomic E-state index is 9.18. The molecule has 0 saturated heterocycles. The topological polar surface area (TPSA) is 43.7 Å². The molecule has 12 heavy (non-hydrogen) atoms. The molecule has 0 bridgehead atoms. The quantitative estimate of drug-likeness (QED) is 0.611. The molecule has 0 aromatic carbocycles. The van der Waals surface area contributed by atoms with Crippen LogP contribution in [0.1, 0.15) is 20.8 Å². The lowest BCUT2D eigenvalue weighted by Gasteiger charge is -2.24. The fraction of sp³-hybridized carbons (Fsp3) is 1.00. The number of likely N-dealkylation sites (N-methyl/N-ethyl adjacent to an activating group) is 1. The van der Waals surface area contributed by atoms with Crippen molar-refractivity contribution in [3.63, 3.8) is 0 Å². The highest BCUT2D eigenvalue weighted by molar-refractivity contribution is 4.63. The summed E-state index contributed by atoms with van der Waals surface area (Å²) >= 11 is 0. The normalized spacial score (nSPS) is 14.2. The summed E-state index contributed by atoms with van der Waals surface area (Å²) in [5, 5.41) is 17.8. The van der Waals surface area contributed by atoms with Gasteiger partial charge < -0.3 is 15.1 Å². The van der Waals surface area contributed by atoms with E-state index >= 15 is 0 Å². The van der Waals surface area contributed by atoms with E-state index in [1.54, 1.807) is 0 Å². The van der Waals surface area contributed by atoms with Gasteiger partial charge in [-0.2, -0.15) is 0 Å². The Morgan fingerprint density at radius 3 is 2.17 bits per heavy atom. The van der Waals surface area contributed by atoms with Crippen LogP contribution in [0, 0.1) is 5.92 Å². The largest absolute Gasteiger partial charge is 0.394 e. The van der Waals surface area contributed by atoms with Gasteiger partial charge in [0.05, 0.1) is 12.7 Å². The average molecular weight is 175 g/mol. The van der Waals surface area contributed by atoms with Crippen LogP contribution in [0.25, 0.3) is 0 Å². The van der Waals surface area contributed by atoms with Gasteiger partial charge >= 0.3 is 0 Å². The highest BCUT2D eigenvalue weighted by atomic mass is 16.3. The first-order valence-electron chi connectivity index (χ1n) is 4.61. The van der Waals surface area contributed by atoms with E-state index in [2.05, 4.69) is 25.7 Å². The molecule has 0 aliphatic heterocycles. The van der Waals surface area contributed by atoms with Crippen molar-refractivity contribution in [2.75, 3.05) is 26.2 Å². The van der Waals surface area contributed by atoms with E-state index in [9.17, 15) is 5.11 Å². The zero-order valence-electron chi connectivity index (χ0n) is 8.32. The highest BCUT2D eigenvalue weighted by Gasteiger charge is 2.09. The Kier molecular flexibility index (Phi) is 6.34. The SMILES string of the molecule is CCN(CC(C)C)CC(O)CO. The standard InChI is InChI=1S/C9H21NO2/c1-4-10(5-8(2)3)6-9(12)7-11/h8-9,11-12H,4-7H2,1-3H3. The highest BCUT2D eigenvalue weighted by Crippen LogP contribution is 1.99. The van der Waals surface area contributed by atoms with Crippen LogP contribution in [0.4, 0.5) is 0 Å². The van der Waals surface area contributed by atoms with Gasteiger partial charge in [-0.3, -0.25) is 0 Å². The Morgan fingerprint density at radius 1 is 1.25 bits per heavy atom. The summed E-state index contributed by atoms with van der Waals surface area (Å²) in [6, 6.07) is 0. The van der Waals surface area contributed by atoms with Gasteiger partial charge in [0.2, 0.25) is 0 Å². The van der Waals surface area contributed by atoms with Crippen LogP contribution in [0.3, 0.4) is 0 Å². The number of aliphatic hydroxyl groups excluding tert-OH is 2. The molecule has 0 aliphatic carbocycles. The minimum absolute atomic E-state index is 0.144. The van der Waals surface area contributed by atoms with Crippen molar-refractivity contribution in [1.29, 1.82) is 0 Å². The fourth-order valence-corrected chi connectivity index (χ4v) is 1.20. The molecule has 2 N–H and O–H groups in total. The van der Waals surface area contributed by atoms with Crippen molar-refractivity contribution >= 4 is 0 Å². The van der Waals surface area contributed by atoms with Gasteiger partial charge in [0.1, 0.15) is 0 Å². The van der Waals surface area contributed by atoms with Crippen molar-refractivity contribution in [3.8, 4) is 0 Å². The number of nitrogens with zero attached hydrogens (tertiary/aromatic N) is 1. The lowest BCUT2D eigenvalue weighted by atomic mass is 10.2. The summed E-state index contributed by atoms with van der Waals surface area (Å²) in [5.41, 5.74) is 0. The smallest absolute Gasteiger partial charge is 0.0897 e. The zero-order chi connectivity index (χ0) is 9.56. The molecule has 0 amide bonds. The van der Waals surface area contributed by atoms with Crippen LogP contribution in [-0.4, -0.2) is 47.5 Å². The minimum atomic E-state index is -0.594. The van der Waals surface area contributed by atoms with E-state index in [0.717, 1.165) is 13.1 Å². The summed E-state index contributed by atoms with van der Waals surface area (Å²) < 4.78 is 0. The van der Waals surface area contributed by atoms with Gasteiger partial charge in [-0.15, -0.1) is 0 Å². The summed E-state index contributed by atoms with van der Waals surface area (Å²) in [7, 11) is 0. The number of aliphatic hydroxyl groups is 2. The molecule has 0 aromatic rings. The number of hydrogen-bond acceptors (Lipinski definition) is 3. The summed E-state index contributed by atoms with van der Waals surface area (Å²) in [4.78, 5) is 2.14. The molecule has 0 aromatic heterocycles. The van der Waals surface area contributed by atoms with Gasteiger partial charge in [0.25, 0.3) is 0 Å². The van der Waals surface area contributed by atoms with Gasteiger partial charge in [0, 0.05) is 13.1 Å². The average Bonchev–Trinajstić information content (AvgIpc) is 2.02. The number of rotatable bonds is 6. The molecule has 74 valence electrons. The zero-order valence-corrected chi connectivity index (χ0v) is 8.32. The Labute approximate surface area is 75.0 Å². The maximum atomic E-state index is 9.18. The Morgan fingerprint density at radius 2 is 1.83 bits per heavy atom. The Bertz CT molecular complexity index is 107. The van der Waals surface area contributed by atoms with Crippen LogP contribution >= 0.6 is 0 Å². The van der Waals surface area contributed by atoms with E-state index < -0.39 is 6.10 Å². The minimum Gasteiger partial charge on any atom is -0.394 e. The predicted octanol–water partition coefficient (Wildman–Crippen LogP) is 0.318. The van der Waals surface area contributed by atoms with Gasteiger partial charge in [0.15, 0.2) is 0 Å². The van der Waals surface area contributed by atoms with Crippen molar-refractivity contribution in [1.82, 2.24) is 4.90 Å². The monoisotopic (exact) mass is 175 g/mol. The van der Waals surface area contributed by atoms with Crippen LogP contribution in [0.5, 0.6) is 0 Å². The third-order valence-corrected chi connectivity index (χ3v) is 1.75. The van der Waals surface area contributed by atoms with Crippen LogP contribution in [0.2, 0.25) is 0 Å². The van der Waals surface area contributed by atoms with Crippen LogP contribution < -0.4 is 0 Å². The van der Waals surface area contributed by atoms with Crippen LogP contribution in [0.15, 0.2) is 0 Å². The number of hydrogen-bond donors (Lipinski definition) is 2. The van der Waals surface area contributed by atoms with Crippen molar-refractivity contribution < 1.29 is 10.2 Å². The third-order valence-electron chi connectivity index (χ3n) is 1.75. The molecule has 0 rings (SSSR count). The predicted molar refractivity (Wildman–Crippen MR) is 50.0 cm³/mol. The Balaban J connectivity index is 3.66. The molecule has 0 aliphatic rings. The van der Waals surface area contributed by atoms with E-state index in [1.165, 1.54) is 0 Å². The second-order valence-corrected chi connectivity index (χ2v) is 3.58. The van der Waals surface area contributed by atoms with E-state index in [1.807, 2.05) is 0 Å². The second-order valence-electron chi connectivity index (χ2n) is 3.58. The Hall–Kier alpha value is -0.120. The first-order chi connectivity index (χ1) is 5.60. The molecule has 0 radical (unpaired) electrons. The van der Waals surface area contributed by atoms with Gasteiger partial charge in [-0.1, -0.05) is 20.8 Å². The van der Waals surface area contributed by atoms with Crippen molar-refractivity contribution in [2.24, 2.45) is 5.92 Å². The van der Waals surface area contributed by atoms with Crippen molar-refractivity contribution in [3.05, 3.63) is 0 Å². The molecule has 0 fully saturated rings. The molecule has 3 heteroatoms. The molecule has 1 unspecified atom stereocenters. The molecule has 0 saturated carbocycles. The fourth-order valence-electron chi connectivity index (χ4n) is 1.20. The van der Waals surface area contributed by atoms with Crippen LogP contribution in [-0.2, 0) is 0 Å². The summed E-state index contributed by atoms with van der Waals surface area (Å²) in [6.45, 7) is 8.69. The van der Waals surface area contributed by atoms with E-state index in [0.29, 0.717) is 12.5 Å². The lowest BCUT2D eigenvalue weighted by molar-refractivity contribution is 0.0574. The summed E-state index contributed by atoms with van der Waals surface area (Å²) in [6.07, 6.45) is -0.594. The molecule has 1 atom stereocenters. The first kappa shape index (κ1) is 11.9. The van der Waals surface area contributed by atoms with Gasteiger partial charge in [-0.05, 0) is 12.5 Å². The third kappa shape index (κ3) is 5.52. The lowest BCUT2D eigenvalue weighted by Crippen LogP contribution is -2.36. The van der Waals surface area contributed by atoms with Gasteiger partial charge in [-0.25, -0.2) is 0 Å². The maximum Gasteiger partial charge on any atom is 0.0897 e. The van der Waals surface area contributed by atoms with E-state index in [4.69, 9.17) is 5.11 Å². The molecular weight excluding hydrogens is 154 g/mol. The first-order valence-corrected chi connectivity index (χ1v) is 4.61. The molecular formula is C9H21NO2. The molecule has 0 heterocycles. The summed E-state index contributed by atoms with van der Waals surface area (Å²) in [5.74, 6) is 0.607. The molecule has 3 nitrogen and oxygen atoms in total.